The van der Waals surface area contributed by atoms with Crippen molar-refractivity contribution in [2.75, 3.05) is 4.90 Å². The summed E-state index contributed by atoms with van der Waals surface area (Å²) in [7, 11) is 0. The molecule has 0 aliphatic heterocycles. The molecule has 1 heteroatoms. The maximum atomic E-state index is 2.56. The van der Waals surface area contributed by atoms with E-state index in [-0.39, 0.29) is 21.7 Å². The SMILES string of the molecule is CC(C)(C)CC(c1cccc(-c2ccc3c(c2)C2(c4ccccc4-3)c3ccccc3-c3ccc(-c4ccc5c(c4)C(C)(C)c4ccc(N(c6ccc(-c7ccccc7)cc6)c6ccc7c(c6)C(C)(C)c6ccccc6-7)cc4-5)cc32)c1)C(C)(C)C. The largest absolute Gasteiger partial charge is 0.310 e. The first kappa shape index (κ1) is 52.1. The Morgan fingerprint density at radius 1 is 0.298 bits per heavy atom. The summed E-state index contributed by atoms with van der Waals surface area (Å²) in [4.78, 5) is 2.47. The van der Waals surface area contributed by atoms with Crippen LogP contribution in [0, 0.1) is 10.8 Å². The van der Waals surface area contributed by atoms with Crippen LogP contribution in [0.2, 0.25) is 0 Å². The number of fused-ring (bicyclic) bond motifs is 16. The lowest BCUT2D eigenvalue weighted by Gasteiger charge is -2.36. The molecule has 0 fully saturated rings. The lowest BCUT2D eigenvalue weighted by Crippen LogP contribution is -2.26. The van der Waals surface area contributed by atoms with Crippen molar-refractivity contribution in [1.29, 1.82) is 0 Å². The molecule has 11 aromatic rings. The third kappa shape index (κ3) is 7.87. The van der Waals surface area contributed by atoms with E-state index in [4.69, 9.17) is 0 Å². The summed E-state index contributed by atoms with van der Waals surface area (Å²) in [6.45, 7) is 24.0. The fourth-order valence-electron chi connectivity index (χ4n) is 15.7. The zero-order valence-corrected chi connectivity index (χ0v) is 50.3. The van der Waals surface area contributed by atoms with Gasteiger partial charge in [-0.05, 0) is 206 Å². The Morgan fingerprint density at radius 3 is 1.27 bits per heavy atom. The molecule has 4 aliphatic carbocycles. The first-order valence-corrected chi connectivity index (χ1v) is 30.5. The van der Waals surface area contributed by atoms with Crippen LogP contribution < -0.4 is 4.90 Å². The van der Waals surface area contributed by atoms with Gasteiger partial charge in [-0.2, -0.15) is 0 Å². The van der Waals surface area contributed by atoms with Gasteiger partial charge in [0.2, 0.25) is 0 Å². The van der Waals surface area contributed by atoms with Crippen LogP contribution in [0.25, 0.3) is 77.9 Å². The van der Waals surface area contributed by atoms with E-state index in [2.05, 4.69) is 317 Å². The van der Waals surface area contributed by atoms with Gasteiger partial charge in [0.15, 0.2) is 0 Å². The van der Waals surface area contributed by atoms with Gasteiger partial charge in [0.25, 0.3) is 0 Å². The predicted molar refractivity (Wildman–Crippen MR) is 355 cm³/mol. The Balaban J connectivity index is 0.840. The maximum Gasteiger partial charge on any atom is 0.0725 e. The molecule has 410 valence electrons. The smallest absolute Gasteiger partial charge is 0.0725 e. The van der Waals surface area contributed by atoms with Crippen LogP contribution in [0.4, 0.5) is 17.1 Å². The molecule has 0 heterocycles. The molecule has 1 spiro atoms. The van der Waals surface area contributed by atoms with Crippen LogP contribution in [0.5, 0.6) is 0 Å². The third-order valence-corrected chi connectivity index (χ3v) is 19.9. The molecule has 0 radical (unpaired) electrons. The van der Waals surface area contributed by atoms with Crippen molar-refractivity contribution in [3.63, 3.8) is 0 Å². The van der Waals surface area contributed by atoms with Gasteiger partial charge in [-0.3, -0.25) is 0 Å². The fourth-order valence-corrected chi connectivity index (χ4v) is 15.7. The Bertz CT molecular complexity index is 4460. The average Bonchev–Trinajstić information content (AvgIpc) is 1.55. The quantitative estimate of drug-likeness (QED) is 0.147. The number of nitrogens with zero attached hydrogens (tertiary/aromatic N) is 1. The molecule has 0 aromatic heterocycles. The highest BCUT2D eigenvalue weighted by molar-refractivity contribution is 5.98. The van der Waals surface area contributed by atoms with Gasteiger partial charge in [-0.25, -0.2) is 0 Å². The second-order valence-electron chi connectivity index (χ2n) is 27.9. The number of anilines is 3. The average molecular weight is 1080 g/mol. The van der Waals surface area contributed by atoms with Crippen molar-refractivity contribution < 1.29 is 0 Å². The van der Waals surface area contributed by atoms with E-state index >= 15 is 0 Å². The molecule has 2 unspecified atom stereocenters. The number of hydrogen-bond acceptors (Lipinski definition) is 1. The van der Waals surface area contributed by atoms with Gasteiger partial charge in [0.1, 0.15) is 0 Å². The minimum absolute atomic E-state index is 0.126. The summed E-state index contributed by atoms with van der Waals surface area (Å²) in [6, 6.07) is 93.1. The van der Waals surface area contributed by atoms with Gasteiger partial charge in [0.05, 0.1) is 5.41 Å². The summed E-state index contributed by atoms with van der Waals surface area (Å²) in [5.74, 6) is 0.429. The second-order valence-corrected chi connectivity index (χ2v) is 27.9. The van der Waals surface area contributed by atoms with Gasteiger partial charge in [0, 0.05) is 27.9 Å². The summed E-state index contributed by atoms with van der Waals surface area (Å²) >= 11 is 0. The van der Waals surface area contributed by atoms with Crippen molar-refractivity contribution in [3.8, 4) is 77.9 Å². The molecule has 0 saturated heterocycles. The normalized spacial score (nSPS) is 16.5. The molecule has 1 nitrogen and oxygen atoms in total. The van der Waals surface area contributed by atoms with Crippen LogP contribution in [-0.2, 0) is 16.2 Å². The Kier molecular flexibility index (Phi) is 11.5. The van der Waals surface area contributed by atoms with E-state index in [9.17, 15) is 0 Å². The van der Waals surface area contributed by atoms with Gasteiger partial charge in [-0.15, -0.1) is 0 Å². The molecule has 0 amide bonds. The molecule has 84 heavy (non-hydrogen) atoms. The maximum absolute atomic E-state index is 2.56. The molecule has 2 atom stereocenters. The lowest BCUT2D eigenvalue weighted by molar-refractivity contribution is 0.229. The van der Waals surface area contributed by atoms with E-state index in [0.717, 1.165) is 23.5 Å². The number of benzene rings is 11. The van der Waals surface area contributed by atoms with Crippen LogP contribution in [0.1, 0.15) is 132 Å². The van der Waals surface area contributed by atoms with Crippen molar-refractivity contribution in [3.05, 3.63) is 293 Å². The summed E-state index contributed by atoms with van der Waals surface area (Å²) < 4.78 is 0. The molecule has 4 aliphatic rings. The summed E-state index contributed by atoms with van der Waals surface area (Å²) in [5, 5.41) is 0. The van der Waals surface area contributed by atoms with Crippen LogP contribution >= 0.6 is 0 Å². The summed E-state index contributed by atoms with van der Waals surface area (Å²) in [6.07, 6.45) is 1.13. The monoisotopic (exact) mass is 1080 g/mol. The van der Waals surface area contributed by atoms with Gasteiger partial charge in [-0.1, -0.05) is 257 Å². The molecule has 0 saturated carbocycles. The summed E-state index contributed by atoms with van der Waals surface area (Å²) in [5.41, 5.74) is 33.3. The van der Waals surface area contributed by atoms with Crippen LogP contribution in [0.15, 0.2) is 243 Å². The van der Waals surface area contributed by atoms with Crippen LogP contribution in [-0.4, -0.2) is 0 Å². The second kappa shape index (κ2) is 18.6. The number of hydrogen-bond donors (Lipinski definition) is 0. The minimum Gasteiger partial charge on any atom is -0.310 e. The highest BCUT2D eigenvalue weighted by Gasteiger charge is 2.52. The van der Waals surface area contributed by atoms with E-state index in [1.807, 2.05) is 0 Å². The topological polar surface area (TPSA) is 3.24 Å². The van der Waals surface area contributed by atoms with E-state index in [1.54, 1.807) is 0 Å². The van der Waals surface area contributed by atoms with E-state index in [1.165, 1.54) is 128 Å². The van der Waals surface area contributed by atoms with Crippen molar-refractivity contribution >= 4 is 17.1 Å². The minimum atomic E-state index is -0.489. The molecular weight excluding hydrogens is 1010 g/mol. The Morgan fingerprint density at radius 2 is 0.690 bits per heavy atom. The first-order chi connectivity index (χ1) is 40.4. The zero-order chi connectivity index (χ0) is 57.7. The van der Waals surface area contributed by atoms with Gasteiger partial charge < -0.3 is 4.90 Å². The Labute approximate surface area is 498 Å². The van der Waals surface area contributed by atoms with E-state index < -0.39 is 5.41 Å². The van der Waals surface area contributed by atoms with E-state index in [0.29, 0.717) is 5.92 Å². The molecular formula is C83H73N. The highest BCUT2D eigenvalue weighted by atomic mass is 15.1. The first-order valence-electron chi connectivity index (χ1n) is 30.5. The van der Waals surface area contributed by atoms with Crippen molar-refractivity contribution in [2.45, 2.75) is 97.8 Å². The van der Waals surface area contributed by atoms with Crippen LogP contribution in [0.3, 0.4) is 0 Å². The fraction of sp³-hybridized carbons (Fsp3) is 0.205. The molecule has 15 rings (SSSR count). The number of rotatable bonds is 8. The lowest BCUT2D eigenvalue weighted by atomic mass is 9.68. The van der Waals surface area contributed by atoms with Gasteiger partial charge >= 0.3 is 0 Å². The molecule has 0 bridgehead atoms. The molecule has 11 aromatic carbocycles. The highest BCUT2D eigenvalue weighted by Crippen LogP contribution is 2.64. The standard InChI is InChI=1S/C83H73N/c1-79(2,3)51-78(80(4,5)6)58-24-20-23-54(45-58)56-33-40-66-63-26-15-18-29-72(63)83(76(66)47-56)73-30-19-16-27-64(73)67-41-34-57(48-77(67)83)55-35-42-68-69-49-60(39-44-71(69)82(9,10)74(68)46-55)84(59-36-31-53(32-37-59)52-21-12-11-13-22-52)61-38-43-65-62-25-14-17-28-70(62)81(7,8)75(65)50-61/h11-50,78H,51H2,1-10H3. The third-order valence-electron chi connectivity index (χ3n) is 19.9. The zero-order valence-electron chi connectivity index (χ0n) is 50.3. The predicted octanol–water partition coefficient (Wildman–Crippen LogP) is 22.7. The van der Waals surface area contributed by atoms with Crippen molar-refractivity contribution in [2.24, 2.45) is 10.8 Å². The Hall–Kier alpha value is -8.78. The van der Waals surface area contributed by atoms with Crippen molar-refractivity contribution in [1.82, 2.24) is 0 Å². The molecule has 0 N–H and O–H groups in total.